The summed E-state index contributed by atoms with van der Waals surface area (Å²) in [6.07, 6.45) is 5.74. The number of carbonyl (C=O) groups excluding carboxylic acids is 2. The minimum atomic E-state index is -0.524. The monoisotopic (exact) mass is 383 g/mol. The maximum absolute atomic E-state index is 13.8. The summed E-state index contributed by atoms with van der Waals surface area (Å²) in [6.45, 7) is 1.38. The van der Waals surface area contributed by atoms with Crippen LogP contribution in [0.4, 0.5) is 4.39 Å². The van der Waals surface area contributed by atoms with E-state index >= 15 is 0 Å². The van der Waals surface area contributed by atoms with Crippen LogP contribution in [0.15, 0.2) is 24.3 Å². The number of piperazine rings is 1. The summed E-state index contributed by atoms with van der Waals surface area (Å²) in [4.78, 5) is 26.5. The van der Waals surface area contributed by atoms with Gasteiger partial charge in [-0.3, -0.25) is 9.59 Å². The second-order valence-electron chi connectivity index (χ2n) is 6.96. The lowest BCUT2D eigenvalue weighted by Crippen LogP contribution is -2.56. The van der Waals surface area contributed by atoms with E-state index in [0.717, 1.165) is 25.7 Å². The number of nitrogens with zero attached hydrogens (tertiary/aromatic N) is 1. The van der Waals surface area contributed by atoms with Crippen molar-refractivity contribution < 1.29 is 14.0 Å². The summed E-state index contributed by atoms with van der Waals surface area (Å²) in [6, 6.07) is 6.21. The molecule has 26 heavy (non-hydrogen) atoms. The minimum absolute atomic E-state index is 0. The van der Waals surface area contributed by atoms with E-state index in [1.165, 1.54) is 12.5 Å². The van der Waals surface area contributed by atoms with E-state index in [9.17, 15) is 14.0 Å². The number of carbonyl (C=O) groups is 2. The molecule has 7 heteroatoms. The zero-order valence-corrected chi connectivity index (χ0v) is 15.7. The first-order chi connectivity index (χ1) is 12.1. The van der Waals surface area contributed by atoms with Gasteiger partial charge in [0.2, 0.25) is 11.8 Å². The van der Waals surface area contributed by atoms with Crippen molar-refractivity contribution in [3.05, 3.63) is 35.6 Å². The Kier molecular flexibility index (Phi) is 7.85. The lowest BCUT2D eigenvalue weighted by atomic mass is 9.95. The Balaban J connectivity index is 0.00000243. The van der Waals surface area contributed by atoms with E-state index in [4.69, 9.17) is 0 Å². The third-order valence-electron chi connectivity index (χ3n) is 5.06. The fourth-order valence-corrected chi connectivity index (χ4v) is 3.66. The summed E-state index contributed by atoms with van der Waals surface area (Å²) in [7, 11) is 0. The molecular weight excluding hydrogens is 357 g/mol. The molecule has 3 rings (SSSR count). The van der Waals surface area contributed by atoms with Gasteiger partial charge in [-0.1, -0.05) is 37.5 Å². The zero-order valence-electron chi connectivity index (χ0n) is 14.9. The Labute approximate surface area is 160 Å². The summed E-state index contributed by atoms with van der Waals surface area (Å²) in [5.74, 6) is -0.515. The van der Waals surface area contributed by atoms with Crippen LogP contribution in [0.5, 0.6) is 0 Å². The molecular formula is C19H27ClFN3O2. The summed E-state index contributed by atoms with van der Waals surface area (Å²) >= 11 is 0. The highest BCUT2D eigenvalue weighted by Gasteiger charge is 2.31. The van der Waals surface area contributed by atoms with E-state index < -0.39 is 6.04 Å². The molecule has 1 saturated carbocycles. The average Bonchev–Trinajstić information content (AvgIpc) is 2.61. The number of benzene rings is 1. The van der Waals surface area contributed by atoms with Crippen LogP contribution < -0.4 is 10.6 Å². The maximum Gasteiger partial charge on any atom is 0.240 e. The molecule has 0 bridgehead atoms. The standard InChI is InChI=1S/C19H26FN3O2.ClH/c20-16-9-5-4-6-14(16)13-23-11-10-21-17(19(23)25)12-18(24)22-15-7-2-1-3-8-15;/h4-6,9,15,17,21H,1-3,7-8,10-13H2,(H,22,24);1H. The Morgan fingerprint density at radius 3 is 2.69 bits per heavy atom. The molecule has 5 nitrogen and oxygen atoms in total. The van der Waals surface area contributed by atoms with Crippen molar-refractivity contribution in [2.75, 3.05) is 13.1 Å². The smallest absolute Gasteiger partial charge is 0.240 e. The minimum Gasteiger partial charge on any atom is -0.353 e. The van der Waals surface area contributed by atoms with Crippen LogP contribution in [0.1, 0.15) is 44.1 Å². The molecule has 2 aliphatic rings. The van der Waals surface area contributed by atoms with Crippen molar-refractivity contribution in [2.45, 2.75) is 57.2 Å². The first-order valence-corrected chi connectivity index (χ1v) is 9.18. The predicted molar refractivity (Wildman–Crippen MR) is 100 cm³/mol. The normalized spacial score (nSPS) is 21.2. The number of amides is 2. The Bertz CT molecular complexity index is 623. The molecule has 144 valence electrons. The quantitative estimate of drug-likeness (QED) is 0.820. The average molecular weight is 384 g/mol. The van der Waals surface area contributed by atoms with E-state index in [2.05, 4.69) is 10.6 Å². The van der Waals surface area contributed by atoms with Crippen molar-refractivity contribution in [1.29, 1.82) is 0 Å². The van der Waals surface area contributed by atoms with Gasteiger partial charge in [0.1, 0.15) is 5.82 Å². The molecule has 1 saturated heterocycles. The highest BCUT2D eigenvalue weighted by molar-refractivity contribution is 5.89. The fraction of sp³-hybridized carbons (Fsp3) is 0.579. The molecule has 1 heterocycles. The first-order valence-electron chi connectivity index (χ1n) is 9.18. The summed E-state index contributed by atoms with van der Waals surface area (Å²) in [5, 5.41) is 6.17. The third-order valence-corrected chi connectivity index (χ3v) is 5.06. The van der Waals surface area contributed by atoms with Gasteiger partial charge in [0.15, 0.2) is 0 Å². The lowest BCUT2D eigenvalue weighted by molar-refractivity contribution is -0.139. The summed E-state index contributed by atoms with van der Waals surface area (Å²) in [5.41, 5.74) is 0.503. The highest BCUT2D eigenvalue weighted by Crippen LogP contribution is 2.18. The van der Waals surface area contributed by atoms with Gasteiger partial charge in [0.25, 0.3) is 0 Å². The van der Waals surface area contributed by atoms with Crippen LogP contribution >= 0.6 is 12.4 Å². The SMILES string of the molecule is Cl.O=C(CC1NCCN(Cc2ccccc2F)C1=O)NC1CCCCC1. The van der Waals surface area contributed by atoms with Crippen molar-refractivity contribution in [1.82, 2.24) is 15.5 Å². The van der Waals surface area contributed by atoms with Crippen molar-refractivity contribution in [2.24, 2.45) is 0 Å². The molecule has 1 aliphatic heterocycles. The lowest BCUT2D eigenvalue weighted by Gasteiger charge is -2.33. The summed E-state index contributed by atoms with van der Waals surface area (Å²) < 4.78 is 13.8. The van der Waals surface area contributed by atoms with Crippen LogP contribution in [0.3, 0.4) is 0 Å². The molecule has 0 spiro atoms. The molecule has 2 N–H and O–H groups in total. The number of hydrogen-bond acceptors (Lipinski definition) is 3. The van der Waals surface area contributed by atoms with Gasteiger partial charge in [-0.25, -0.2) is 4.39 Å². The van der Waals surface area contributed by atoms with Gasteiger partial charge in [-0.2, -0.15) is 0 Å². The second-order valence-corrected chi connectivity index (χ2v) is 6.96. The van der Waals surface area contributed by atoms with Crippen LogP contribution in [-0.4, -0.2) is 41.9 Å². The highest BCUT2D eigenvalue weighted by atomic mass is 35.5. The van der Waals surface area contributed by atoms with E-state index in [-0.39, 0.29) is 49.0 Å². The van der Waals surface area contributed by atoms with E-state index in [0.29, 0.717) is 18.7 Å². The Morgan fingerprint density at radius 2 is 1.96 bits per heavy atom. The molecule has 2 amide bonds. The Hall–Kier alpha value is -1.66. The van der Waals surface area contributed by atoms with Crippen LogP contribution in [0, 0.1) is 5.82 Å². The molecule has 2 fully saturated rings. The molecule has 1 aromatic carbocycles. The second kappa shape index (κ2) is 9.88. The van der Waals surface area contributed by atoms with Crippen molar-refractivity contribution in [3.63, 3.8) is 0 Å². The molecule has 1 atom stereocenters. The Morgan fingerprint density at radius 1 is 1.23 bits per heavy atom. The van der Waals surface area contributed by atoms with Crippen molar-refractivity contribution in [3.8, 4) is 0 Å². The largest absolute Gasteiger partial charge is 0.353 e. The topological polar surface area (TPSA) is 61.4 Å². The number of nitrogens with one attached hydrogen (secondary N) is 2. The van der Waals surface area contributed by atoms with Gasteiger partial charge in [-0.05, 0) is 18.9 Å². The van der Waals surface area contributed by atoms with Gasteiger partial charge in [0, 0.05) is 31.2 Å². The first kappa shape index (κ1) is 20.6. The number of halogens is 2. The van der Waals surface area contributed by atoms with Gasteiger partial charge in [0.05, 0.1) is 12.5 Å². The van der Waals surface area contributed by atoms with Crippen LogP contribution in [0.25, 0.3) is 0 Å². The molecule has 0 aromatic heterocycles. The van der Waals surface area contributed by atoms with Gasteiger partial charge in [-0.15, -0.1) is 12.4 Å². The van der Waals surface area contributed by atoms with Crippen LogP contribution in [-0.2, 0) is 16.1 Å². The zero-order chi connectivity index (χ0) is 17.6. The molecule has 0 radical (unpaired) electrons. The maximum atomic E-state index is 13.8. The fourth-order valence-electron chi connectivity index (χ4n) is 3.66. The third kappa shape index (κ3) is 5.42. The predicted octanol–water partition coefficient (Wildman–Crippen LogP) is 2.39. The molecule has 1 aliphatic carbocycles. The van der Waals surface area contributed by atoms with E-state index in [1.54, 1.807) is 23.1 Å². The van der Waals surface area contributed by atoms with Crippen LogP contribution in [0.2, 0.25) is 0 Å². The van der Waals surface area contributed by atoms with E-state index in [1.807, 2.05) is 0 Å². The van der Waals surface area contributed by atoms with Gasteiger partial charge >= 0.3 is 0 Å². The number of rotatable bonds is 5. The van der Waals surface area contributed by atoms with Crippen molar-refractivity contribution >= 4 is 24.2 Å². The molecule has 1 aromatic rings. The molecule has 1 unspecified atom stereocenters. The van der Waals surface area contributed by atoms with Gasteiger partial charge < -0.3 is 15.5 Å². The number of hydrogen-bond donors (Lipinski definition) is 2.